The van der Waals surface area contributed by atoms with Gasteiger partial charge in [-0.15, -0.1) is 0 Å². The summed E-state index contributed by atoms with van der Waals surface area (Å²) in [4.78, 5) is 7.33. The Bertz CT molecular complexity index is 417. The molecule has 2 unspecified atom stereocenters. The molecular formula is C18H31N3. The molecule has 3 heteroatoms. The molecule has 1 fully saturated rings. The lowest BCUT2D eigenvalue weighted by Crippen LogP contribution is -2.41. The van der Waals surface area contributed by atoms with Gasteiger partial charge >= 0.3 is 0 Å². The van der Waals surface area contributed by atoms with Gasteiger partial charge in [0.05, 0.1) is 0 Å². The van der Waals surface area contributed by atoms with E-state index in [0.717, 1.165) is 13.1 Å². The summed E-state index contributed by atoms with van der Waals surface area (Å²) >= 11 is 0. The number of piperidine rings is 1. The van der Waals surface area contributed by atoms with E-state index in [0.29, 0.717) is 12.1 Å². The fourth-order valence-electron chi connectivity index (χ4n) is 3.37. The molecule has 3 nitrogen and oxygen atoms in total. The molecule has 1 saturated heterocycles. The van der Waals surface area contributed by atoms with Crippen LogP contribution in [0.3, 0.4) is 0 Å². The van der Waals surface area contributed by atoms with Crippen LogP contribution in [0.2, 0.25) is 0 Å². The summed E-state index contributed by atoms with van der Waals surface area (Å²) in [6, 6.07) is 5.36. The molecule has 0 aromatic carbocycles. The van der Waals surface area contributed by atoms with Gasteiger partial charge in [-0.1, -0.05) is 26.3 Å². The molecule has 118 valence electrons. The van der Waals surface area contributed by atoms with Crippen molar-refractivity contribution in [1.82, 2.24) is 10.3 Å². The topological polar surface area (TPSA) is 28.2 Å². The molecule has 1 N–H and O–H groups in total. The summed E-state index contributed by atoms with van der Waals surface area (Å²) in [7, 11) is 0. The van der Waals surface area contributed by atoms with Gasteiger partial charge in [0.25, 0.3) is 0 Å². The summed E-state index contributed by atoms with van der Waals surface area (Å²) in [6.07, 6.45) is 9.64. The number of pyridine rings is 1. The first-order valence-electron chi connectivity index (χ1n) is 8.72. The van der Waals surface area contributed by atoms with Crippen LogP contribution in [0.4, 0.5) is 5.82 Å². The third kappa shape index (κ3) is 4.19. The van der Waals surface area contributed by atoms with Crippen molar-refractivity contribution in [2.75, 3.05) is 18.0 Å². The fraction of sp³-hybridized carbons (Fsp3) is 0.722. The maximum Gasteiger partial charge on any atom is 0.133 e. The third-order valence-electron chi connectivity index (χ3n) is 4.50. The van der Waals surface area contributed by atoms with E-state index < -0.39 is 0 Å². The maximum absolute atomic E-state index is 4.75. The third-order valence-corrected chi connectivity index (χ3v) is 4.50. The SMILES string of the molecule is CCCNC(C)c1cccnc1N1CCCCC1CCC. The Balaban J connectivity index is 2.20. The molecule has 0 aliphatic carbocycles. The van der Waals surface area contributed by atoms with Gasteiger partial charge in [-0.05, 0) is 51.6 Å². The van der Waals surface area contributed by atoms with E-state index in [1.165, 1.54) is 49.9 Å². The first-order chi connectivity index (χ1) is 10.3. The normalized spacial score (nSPS) is 20.5. The molecule has 2 heterocycles. The van der Waals surface area contributed by atoms with Gasteiger partial charge in [0.1, 0.15) is 5.82 Å². The van der Waals surface area contributed by atoms with Crippen molar-refractivity contribution in [3.05, 3.63) is 23.9 Å². The number of nitrogens with zero attached hydrogens (tertiary/aromatic N) is 2. The van der Waals surface area contributed by atoms with Crippen molar-refractivity contribution in [2.45, 2.75) is 71.4 Å². The smallest absolute Gasteiger partial charge is 0.133 e. The Labute approximate surface area is 130 Å². The standard InChI is InChI=1S/C18H31N3/c1-4-9-16-10-6-7-14-21(16)18-17(11-8-13-20-18)15(3)19-12-5-2/h8,11,13,15-16,19H,4-7,9-10,12,14H2,1-3H3. The molecule has 1 aromatic rings. The van der Waals surface area contributed by atoms with Crippen molar-refractivity contribution in [3.8, 4) is 0 Å². The van der Waals surface area contributed by atoms with Crippen LogP contribution in [-0.2, 0) is 0 Å². The van der Waals surface area contributed by atoms with Gasteiger partial charge in [0.2, 0.25) is 0 Å². The summed E-state index contributed by atoms with van der Waals surface area (Å²) in [6.45, 7) is 8.99. The molecule has 1 aliphatic rings. The number of rotatable bonds is 7. The van der Waals surface area contributed by atoms with E-state index in [-0.39, 0.29) is 0 Å². The summed E-state index contributed by atoms with van der Waals surface area (Å²) in [5, 5.41) is 3.61. The Hall–Kier alpha value is -1.09. The van der Waals surface area contributed by atoms with Crippen LogP contribution in [0.15, 0.2) is 18.3 Å². The number of aromatic nitrogens is 1. The van der Waals surface area contributed by atoms with Gasteiger partial charge in [0.15, 0.2) is 0 Å². The lowest BCUT2D eigenvalue weighted by atomic mass is 9.97. The van der Waals surface area contributed by atoms with E-state index in [4.69, 9.17) is 4.98 Å². The number of hydrogen-bond acceptors (Lipinski definition) is 3. The summed E-state index contributed by atoms with van der Waals surface area (Å²) < 4.78 is 0. The summed E-state index contributed by atoms with van der Waals surface area (Å²) in [5.74, 6) is 1.21. The highest BCUT2D eigenvalue weighted by Gasteiger charge is 2.25. The van der Waals surface area contributed by atoms with Crippen LogP contribution in [0.5, 0.6) is 0 Å². The minimum absolute atomic E-state index is 0.373. The lowest BCUT2D eigenvalue weighted by Gasteiger charge is -2.38. The zero-order valence-electron chi connectivity index (χ0n) is 13.9. The lowest BCUT2D eigenvalue weighted by molar-refractivity contribution is 0.429. The Morgan fingerprint density at radius 1 is 1.33 bits per heavy atom. The molecule has 1 aromatic heterocycles. The second-order valence-electron chi connectivity index (χ2n) is 6.22. The van der Waals surface area contributed by atoms with Crippen molar-refractivity contribution >= 4 is 5.82 Å². The second kappa shape index (κ2) is 8.38. The molecular weight excluding hydrogens is 258 g/mol. The predicted octanol–water partition coefficient (Wildman–Crippen LogP) is 4.30. The number of nitrogens with one attached hydrogen (secondary N) is 1. The highest BCUT2D eigenvalue weighted by Crippen LogP contribution is 2.31. The van der Waals surface area contributed by atoms with Crippen LogP contribution in [0.25, 0.3) is 0 Å². The number of hydrogen-bond donors (Lipinski definition) is 1. The Morgan fingerprint density at radius 3 is 2.95 bits per heavy atom. The van der Waals surface area contributed by atoms with Crippen LogP contribution in [0.1, 0.15) is 70.9 Å². The highest BCUT2D eigenvalue weighted by molar-refractivity contribution is 5.49. The Kier molecular flexibility index (Phi) is 6.50. The number of anilines is 1. The quantitative estimate of drug-likeness (QED) is 0.811. The van der Waals surface area contributed by atoms with Crippen molar-refractivity contribution < 1.29 is 0 Å². The molecule has 21 heavy (non-hydrogen) atoms. The van der Waals surface area contributed by atoms with E-state index in [2.05, 4.69) is 43.1 Å². The highest BCUT2D eigenvalue weighted by atomic mass is 15.2. The molecule has 2 atom stereocenters. The first-order valence-corrected chi connectivity index (χ1v) is 8.72. The molecule has 0 spiro atoms. The maximum atomic E-state index is 4.75. The molecule has 0 saturated carbocycles. The zero-order chi connectivity index (χ0) is 15.1. The molecule has 2 rings (SSSR count). The van der Waals surface area contributed by atoms with E-state index in [9.17, 15) is 0 Å². The average Bonchev–Trinajstić information content (AvgIpc) is 2.53. The van der Waals surface area contributed by atoms with Crippen molar-refractivity contribution in [1.29, 1.82) is 0 Å². The van der Waals surface area contributed by atoms with E-state index in [1.54, 1.807) is 0 Å². The molecule has 0 amide bonds. The Morgan fingerprint density at radius 2 is 2.19 bits per heavy atom. The zero-order valence-corrected chi connectivity index (χ0v) is 13.9. The van der Waals surface area contributed by atoms with Gasteiger partial charge in [-0.2, -0.15) is 0 Å². The molecule has 1 aliphatic heterocycles. The van der Waals surface area contributed by atoms with Gasteiger partial charge in [0, 0.05) is 30.4 Å². The minimum Gasteiger partial charge on any atom is -0.353 e. The minimum atomic E-state index is 0.373. The van der Waals surface area contributed by atoms with Crippen molar-refractivity contribution in [2.24, 2.45) is 0 Å². The molecule has 0 bridgehead atoms. The van der Waals surface area contributed by atoms with Gasteiger partial charge in [-0.25, -0.2) is 4.98 Å². The van der Waals surface area contributed by atoms with Gasteiger partial charge < -0.3 is 10.2 Å². The largest absolute Gasteiger partial charge is 0.353 e. The van der Waals surface area contributed by atoms with Crippen molar-refractivity contribution in [3.63, 3.8) is 0 Å². The second-order valence-corrected chi connectivity index (χ2v) is 6.22. The van der Waals surface area contributed by atoms with Crippen LogP contribution >= 0.6 is 0 Å². The first kappa shape index (κ1) is 16.3. The fourth-order valence-corrected chi connectivity index (χ4v) is 3.37. The predicted molar refractivity (Wildman–Crippen MR) is 90.8 cm³/mol. The van der Waals surface area contributed by atoms with Crippen LogP contribution in [0, 0.1) is 0 Å². The average molecular weight is 289 g/mol. The molecule has 0 radical (unpaired) electrons. The van der Waals surface area contributed by atoms with E-state index >= 15 is 0 Å². The van der Waals surface area contributed by atoms with Crippen LogP contribution in [-0.4, -0.2) is 24.1 Å². The van der Waals surface area contributed by atoms with Crippen LogP contribution < -0.4 is 10.2 Å². The van der Waals surface area contributed by atoms with Gasteiger partial charge in [-0.3, -0.25) is 0 Å². The summed E-state index contributed by atoms with van der Waals surface area (Å²) in [5.41, 5.74) is 1.36. The monoisotopic (exact) mass is 289 g/mol. The van der Waals surface area contributed by atoms with E-state index in [1.807, 2.05) is 6.20 Å².